The number of nitro groups is 1. The van der Waals surface area contributed by atoms with Crippen LogP contribution >= 0.6 is 11.8 Å². The van der Waals surface area contributed by atoms with Crippen molar-refractivity contribution in [2.75, 3.05) is 26.3 Å². The van der Waals surface area contributed by atoms with E-state index in [2.05, 4.69) is 4.99 Å². The number of non-ortho nitro benzene ring substituents is 1. The van der Waals surface area contributed by atoms with Crippen LogP contribution in [0.15, 0.2) is 51.6 Å². The summed E-state index contributed by atoms with van der Waals surface area (Å²) in [6.45, 7) is 6.43. The zero-order valence-corrected chi connectivity index (χ0v) is 22.4. The molecule has 0 unspecified atom stereocenters. The summed E-state index contributed by atoms with van der Waals surface area (Å²) in [5.74, 6) is -1.38. The van der Waals surface area contributed by atoms with E-state index < -0.39 is 16.9 Å². The SMILES string of the molecule is CCOC(=O)C1=C(C)N=C2SC=C(CC(=O)N3CCC[C@@H](C(=O)OCC)C3)N2[C@@H]1c1cccc([N+](=O)[O-])c1. The molecule has 0 spiro atoms. The maximum absolute atomic E-state index is 13.4. The van der Waals surface area contributed by atoms with E-state index in [0.717, 1.165) is 0 Å². The first-order valence-corrected chi connectivity index (χ1v) is 13.4. The average Bonchev–Trinajstić information content (AvgIpc) is 3.29. The first-order valence-electron chi connectivity index (χ1n) is 12.5. The van der Waals surface area contributed by atoms with Crippen molar-refractivity contribution in [2.24, 2.45) is 10.9 Å². The smallest absolute Gasteiger partial charge is 0.338 e. The Morgan fingerprint density at radius 2 is 1.97 bits per heavy atom. The number of nitrogens with zero attached hydrogens (tertiary/aromatic N) is 4. The van der Waals surface area contributed by atoms with Crippen molar-refractivity contribution in [3.05, 3.63) is 62.3 Å². The number of fused-ring (bicyclic) bond motifs is 1. The van der Waals surface area contributed by atoms with Crippen LogP contribution in [0.5, 0.6) is 0 Å². The number of likely N-dealkylation sites (tertiary alicyclic amines) is 1. The minimum absolute atomic E-state index is 0.0160. The number of carbonyl (C=O) groups is 3. The Morgan fingerprint density at radius 3 is 2.68 bits per heavy atom. The number of allylic oxidation sites excluding steroid dienone is 1. The number of aliphatic imine (C=N–C) groups is 1. The number of hydrogen-bond acceptors (Lipinski definition) is 10. The second kappa shape index (κ2) is 11.8. The van der Waals surface area contributed by atoms with Crippen molar-refractivity contribution in [2.45, 2.75) is 46.1 Å². The van der Waals surface area contributed by atoms with Crippen LogP contribution in [0.2, 0.25) is 0 Å². The molecule has 1 fully saturated rings. The van der Waals surface area contributed by atoms with Crippen LogP contribution in [0.1, 0.15) is 51.6 Å². The quantitative estimate of drug-likeness (QED) is 0.272. The van der Waals surface area contributed by atoms with Crippen molar-refractivity contribution < 1.29 is 28.8 Å². The van der Waals surface area contributed by atoms with Crippen molar-refractivity contribution in [1.29, 1.82) is 0 Å². The predicted molar refractivity (Wildman–Crippen MR) is 141 cm³/mol. The van der Waals surface area contributed by atoms with Crippen LogP contribution in [-0.4, -0.2) is 64.0 Å². The Balaban J connectivity index is 1.64. The lowest BCUT2D eigenvalue weighted by molar-refractivity contribution is -0.384. The molecular weight excluding hydrogens is 512 g/mol. The van der Waals surface area contributed by atoms with E-state index in [-0.39, 0.29) is 42.1 Å². The number of carbonyl (C=O) groups excluding carboxylic acids is 3. The van der Waals surface area contributed by atoms with Gasteiger partial charge in [-0.2, -0.15) is 0 Å². The number of amidine groups is 1. The molecule has 3 aliphatic heterocycles. The van der Waals surface area contributed by atoms with Crippen LogP contribution < -0.4 is 0 Å². The summed E-state index contributed by atoms with van der Waals surface area (Å²) in [7, 11) is 0. The molecule has 1 saturated heterocycles. The summed E-state index contributed by atoms with van der Waals surface area (Å²) in [4.78, 5) is 57.8. The van der Waals surface area contributed by atoms with Crippen molar-refractivity contribution >= 4 is 40.5 Å². The number of thioether (sulfide) groups is 1. The molecule has 4 rings (SSSR count). The summed E-state index contributed by atoms with van der Waals surface area (Å²) >= 11 is 1.32. The molecule has 11 nitrogen and oxygen atoms in total. The molecule has 3 aliphatic rings. The van der Waals surface area contributed by atoms with Crippen LogP contribution in [0.4, 0.5) is 5.69 Å². The topological polar surface area (TPSA) is 132 Å². The fourth-order valence-electron chi connectivity index (χ4n) is 4.89. The van der Waals surface area contributed by atoms with Crippen molar-refractivity contribution in [1.82, 2.24) is 9.80 Å². The molecule has 1 aromatic carbocycles. The second-order valence-corrected chi connectivity index (χ2v) is 9.91. The molecule has 0 N–H and O–H groups in total. The monoisotopic (exact) mass is 542 g/mol. The van der Waals surface area contributed by atoms with Crippen molar-refractivity contribution in [3.8, 4) is 0 Å². The molecule has 38 heavy (non-hydrogen) atoms. The van der Waals surface area contributed by atoms with Gasteiger partial charge in [0.05, 0.1) is 47.8 Å². The Hall–Kier alpha value is -3.67. The lowest BCUT2D eigenvalue weighted by Gasteiger charge is -2.37. The maximum atomic E-state index is 13.4. The molecular formula is C26H30N4O7S. The number of hydrogen-bond donors (Lipinski definition) is 0. The largest absolute Gasteiger partial charge is 0.466 e. The standard InChI is InChI=1S/C26H30N4O7S/c1-4-36-24(32)18-9-7-11-28(14-18)21(31)13-20-15-38-26-27-16(3)22(25(33)37-5-2)23(29(20)26)17-8-6-10-19(12-17)30(34)35/h6,8,10,12,15,18,23H,4-5,7,9,11,13-14H2,1-3H3/t18-,23-/m1/s1. The number of rotatable bonds is 8. The lowest BCUT2D eigenvalue weighted by atomic mass is 9.93. The van der Waals surface area contributed by atoms with Gasteiger partial charge >= 0.3 is 11.9 Å². The average molecular weight is 543 g/mol. The summed E-state index contributed by atoms with van der Waals surface area (Å²) in [5, 5.41) is 13.9. The van der Waals surface area contributed by atoms with Crippen LogP contribution in [-0.2, 0) is 23.9 Å². The summed E-state index contributed by atoms with van der Waals surface area (Å²) < 4.78 is 10.5. The zero-order chi connectivity index (χ0) is 27.4. The molecule has 12 heteroatoms. The van der Waals surface area contributed by atoms with Gasteiger partial charge in [0, 0.05) is 30.9 Å². The number of amides is 1. The van der Waals surface area contributed by atoms with E-state index in [1.807, 2.05) is 5.41 Å². The maximum Gasteiger partial charge on any atom is 0.338 e. The molecule has 0 aromatic heterocycles. The van der Waals surface area contributed by atoms with Gasteiger partial charge in [-0.05, 0) is 44.6 Å². The van der Waals surface area contributed by atoms with Gasteiger partial charge < -0.3 is 19.3 Å². The Bertz CT molecular complexity index is 1240. The van der Waals surface area contributed by atoms with Gasteiger partial charge in [0.15, 0.2) is 5.17 Å². The number of nitro benzene ring substituents is 1. The fraction of sp³-hybridized carbons (Fsp3) is 0.462. The third-order valence-corrected chi connectivity index (χ3v) is 7.51. The minimum Gasteiger partial charge on any atom is -0.466 e. The van der Waals surface area contributed by atoms with Gasteiger partial charge in [-0.15, -0.1) is 0 Å². The minimum atomic E-state index is -0.760. The first-order chi connectivity index (χ1) is 18.2. The van der Waals surface area contributed by atoms with E-state index in [9.17, 15) is 24.5 Å². The first kappa shape index (κ1) is 27.4. The highest BCUT2D eigenvalue weighted by Crippen LogP contribution is 2.45. The highest BCUT2D eigenvalue weighted by atomic mass is 32.2. The van der Waals surface area contributed by atoms with E-state index in [0.29, 0.717) is 54.7 Å². The molecule has 0 bridgehead atoms. The van der Waals surface area contributed by atoms with E-state index in [4.69, 9.17) is 9.47 Å². The molecule has 0 aliphatic carbocycles. The normalized spacial score (nSPS) is 20.9. The number of ether oxygens (including phenoxy) is 2. The number of esters is 2. The molecule has 1 aromatic rings. The molecule has 0 saturated carbocycles. The Labute approximate surface area is 224 Å². The molecule has 1 amide bonds. The predicted octanol–water partition coefficient (Wildman–Crippen LogP) is 3.92. The lowest BCUT2D eigenvalue weighted by Crippen LogP contribution is -2.44. The zero-order valence-electron chi connectivity index (χ0n) is 21.5. The highest BCUT2D eigenvalue weighted by Gasteiger charge is 2.42. The molecule has 2 atom stereocenters. The van der Waals surface area contributed by atoms with Crippen LogP contribution in [0.3, 0.4) is 0 Å². The third kappa shape index (κ3) is 5.59. The van der Waals surface area contributed by atoms with E-state index in [1.54, 1.807) is 42.7 Å². The van der Waals surface area contributed by atoms with Gasteiger partial charge in [0.25, 0.3) is 5.69 Å². The summed E-state index contributed by atoms with van der Waals surface area (Å²) in [6.07, 6.45) is 1.39. The highest BCUT2D eigenvalue weighted by molar-refractivity contribution is 8.16. The molecule has 202 valence electrons. The van der Waals surface area contributed by atoms with Gasteiger partial charge in [-0.25, -0.2) is 9.79 Å². The van der Waals surface area contributed by atoms with Crippen LogP contribution in [0, 0.1) is 16.0 Å². The Kier molecular flexibility index (Phi) is 8.50. The summed E-state index contributed by atoms with van der Waals surface area (Å²) in [6, 6.07) is 5.33. The van der Waals surface area contributed by atoms with Crippen LogP contribution in [0.25, 0.3) is 0 Å². The third-order valence-electron chi connectivity index (χ3n) is 6.62. The van der Waals surface area contributed by atoms with E-state index in [1.165, 1.54) is 23.9 Å². The number of benzene rings is 1. The van der Waals surface area contributed by atoms with Gasteiger partial charge in [-0.1, -0.05) is 23.9 Å². The fourth-order valence-corrected chi connectivity index (χ4v) is 5.85. The Morgan fingerprint density at radius 1 is 1.21 bits per heavy atom. The van der Waals surface area contributed by atoms with Gasteiger partial charge in [0.1, 0.15) is 0 Å². The second-order valence-electron chi connectivity index (χ2n) is 9.07. The summed E-state index contributed by atoms with van der Waals surface area (Å²) in [5.41, 5.74) is 1.72. The number of piperidine rings is 1. The van der Waals surface area contributed by atoms with Gasteiger partial charge in [-0.3, -0.25) is 19.7 Å². The van der Waals surface area contributed by atoms with Crippen molar-refractivity contribution in [3.63, 3.8) is 0 Å². The molecule has 3 heterocycles. The molecule has 0 radical (unpaired) electrons. The van der Waals surface area contributed by atoms with Gasteiger partial charge in [0.2, 0.25) is 5.91 Å². The van der Waals surface area contributed by atoms with E-state index >= 15 is 0 Å².